The molecule has 1 rings (SSSR count). The van der Waals surface area contributed by atoms with Gasteiger partial charge in [-0.1, -0.05) is 11.8 Å². The molecule has 1 heterocycles. The molecular weight excluding hydrogens is 286 g/mol. The van der Waals surface area contributed by atoms with Crippen LogP contribution in [0, 0.1) is 10.1 Å². The zero-order valence-corrected chi connectivity index (χ0v) is 11.4. The molecule has 1 aromatic heterocycles. The van der Waals surface area contributed by atoms with Crippen LogP contribution in [0.1, 0.15) is 13.3 Å². The smallest absolute Gasteiger partial charge is 0.305 e. The quantitative estimate of drug-likeness (QED) is 0.438. The number of carbonyl (C=O) groups is 2. The number of aromatic nitrogens is 1. The largest absolute Gasteiger partial charge is 0.481 e. The highest BCUT2D eigenvalue weighted by atomic mass is 32.2. The van der Waals surface area contributed by atoms with Crippen LogP contribution >= 0.6 is 11.8 Å². The number of nitrogens with zero attached hydrogens (tertiary/aromatic N) is 2. The minimum absolute atomic E-state index is 0.0623. The van der Waals surface area contributed by atoms with E-state index in [-0.39, 0.29) is 24.6 Å². The summed E-state index contributed by atoms with van der Waals surface area (Å²) in [6, 6.07) is 2.77. The van der Waals surface area contributed by atoms with E-state index in [4.69, 9.17) is 5.11 Å². The molecule has 0 bridgehead atoms. The highest BCUT2D eigenvalue weighted by Gasteiger charge is 2.15. The van der Waals surface area contributed by atoms with Gasteiger partial charge in [-0.3, -0.25) is 19.7 Å². The Morgan fingerprint density at radius 1 is 1.55 bits per heavy atom. The molecule has 0 saturated carbocycles. The molecule has 0 radical (unpaired) electrons. The van der Waals surface area contributed by atoms with Crippen LogP contribution in [0.4, 0.5) is 5.69 Å². The first-order chi connectivity index (χ1) is 9.40. The lowest BCUT2D eigenvalue weighted by Gasteiger charge is -2.10. The van der Waals surface area contributed by atoms with Crippen molar-refractivity contribution in [3.8, 4) is 0 Å². The van der Waals surface area contributed by atoms with Gasteiger partial charge in [0, 0.05) is 12.6 Å². The molecular formula is C11H13N3O5S. The Hall–Kier alpha value is -2.16. The Kier molecular flexibility index (Phi) is 5.91. The Bertz CT molecular complexity index is 505. The summed E-state index contributed by atoms with van der Waals surface area (Å²) >= 11 is 1.14. The number of amides is 1. The minimum Gasteiger partial charge on any atom is -0.481 e. The van der Waals surface area contributed by atoms with Crippen LogP contribution in [-0.4, -0.2) is 38.7 Å². The lowest BCUT2D eigenvalue weighted by Crippen LogP contribution is -2.32. The zero-order chi connectivity index (χ0) is 15.1. The summed E-state index contributed by atoms with van der Waals surface area (Å²) in [5.74, 6) is -1.29. The van der Waals surface area contributed by atoms with Crippen LogP contribution in [0.3, 0.4) is 0 Å². The van der Waals surface area contributed by atoms with Crippen molar-refractivity contribution in [2.75, 3.05) is 6.54 Å². The van der Waals surface area contributed by atoms with Crippen LogP contribution in [0.2, 0.25) is 0 Å². The predicted molar refractivity (Wildman–Crippen MR) is 71.5 cm³/mol. The van der Waals surface area contributed by atoms with Crippen molar-refractivity contribution in [1.82, 2.24) is 10.3 Å². The normalized spacial score (nSPS) is 11.7. The fourth-order valence-corrected chi connectivity index (χ4v) is 2.03. The number of pyridine rings is 1. The van der Waals surface area contributed by atoms with Gasteiger partial charge in [0.05, 0.1) is 21.6 Å². The molecule has 9 heteroatoms. The highest BCUT2D eigenvalue weighted by molar-refractivity contribution is 8.00. The Labute approximate surface area is 118 Å². The third kappa shape index (κ3) is 5.22. The lowest BCUT2D eigenvalue weighted by atomic mass is 10.4. The van der Waals surface area contributed by atoms with Crippen LogP contribution in [0.5, 0.6) is 0 Å². The molecule has 2 N–H and O–H groups in total. The summed E-state index contributed by atoms with van der Waals surface area (Å²) in [6.07, 6.45) is 0.982. The van der Waals surface area contributed by atoms with E-state index in [9.17, 15) is 19.7 Å². The van der Waals surface area contributed by atoms with Gasteiger partial charge in [-0.25, -0.2) is 4.98 Å². The fourth-order valence-electron chi connectivity index (χ4n) is 1.22. The summed E-state index contributed by atoms with van der Waals surface area (Å²) in [4.78, 5) is 35.7. The highest BCUT2D eigenvalue weighted by Crippen LogP contribution is 2.22. The van der Waals surface area contributed by atoms with Crippen molar-refractivity contribution in [2.45, 2.75) is 23.6 Å². The van der Waals surface area contributed by atoms with Gasteiger partial charge in [0.1, 0.15) is 6.20 Å². The number of nitrogens with one attached hydrogen (secondary N) is 1. The second-order valence-electron chi connectivity index (χ2n) is 3.81. The van der Waals surface area contributed by atoms with E-state index in [2.05, 4.69) is 10.3 Å². The molecule has 0 aromatic carbocycles. The van der Waals surface area contributed by atoms with Gasteiger partial charge in [-0.05, 0) is 13.0 Å². The third-order valence-electron chi connectivity index (χ3n) is 2.24. The molecule has 0 aliphatic rings. The van der Waals surface area contributed by atoms with Gasteiger partial charge >= 0.3 is 5.97 Å². The second-order valence-corrected chi connectivity index (χ2v) is 5.17. The molecule has 0 spiro atoms. The summed E-state index contributed by atoms with van der Waals surface area (Å²) in [7, 11) is 0. The van der Waals surface area contributed by atoms with E-state index >= 15 is 0 Å². The number of thioether (sulfide) groups is 1. The maximum absolute atomic E-state index is 11.6. The number of hydrogen-bond donors (Lipinski definition) is 2. The molecule has 0 fully saturated rings. The number of carboxylic acid groups (broad SMARTS) is 1. The van der Waals surface area contributed by atoms with Gasteiger partial charge in [-0.2, -0.15) is 0 Å². The summed E-state index contributed by atoms with van der Waals surface area (Å²) in [5.41, 5.74) is -0.118. The van der Waals surface area contributed by atoms with Crippen molar-refractivity contribution < 1.29 is 19.6 Å². The molecule has 8 nitrogen and oxygen atoms in total. The van der Waals surface area contributed by atoms with Crippen LogP contribution in [-0.2, 0) is 9.59 Å². The number of carboxylic acids is 1. The van der Waals surface area contributed by atoms with Gasteiger partial charge in [0.15, 0.2) is 0 Å². The Morgan fingerprint density at radius 2 is 2.25 bits per heavy atom. The molecule has 0 aliphatic heterocycles. The average Bonchev–Trinajstić information content (AvgIpc) is 2.38. The maximum Gasteiger partial charge on any atom is 0.305 e. The molecule has 0 aliphatic carbocycles. The van der Waals surface area contributed by atoms with Crippen molar-refractivity contribution in [2.24, 2.45) is 0 Å². The van der Waals surface area contributed by atoms with Gasteiger partial charge in [0.25, 0.3) is 5.69 Å². The molecule has 0 saturated heterocycles. The topological polar surface area (TPSA) is 122 Å². The zero-order valence-electron chi connectivity index (χ0n) is 10.6. The second kappa shape index (κ2) is 7.43. The van der Waals surface area contributed by atoms with Crippen LogP contribution < -0.4 is 5.32 Å². The minimum atomic E-state index is -0.984. The van der Waals surface area contributed by atoms with Crippen molar-refractivity contribution in [3.63, 3.8) is 0 Å². The first-order valence-electron chi connectivity index (χ1n) is 5.66. The van der Waals surface area contributed by atoms with Gasteiger partial charge in [-0.15, -0.1) is 0 Å². The van der Waals surface area contributed by atoms with Crippen LogP contribution in [0.25, 0.3) is 0 Å². The number of hydrogen-bond acceptors (Lipinski definition) is 6. The van der Waals surface area contributed by atoms with E-state index < -0.39 is 16.1 Å². The summed E-state index contributed by atoms with van der Waals surface area (Å²) in [5, 5.41) is 21.4. The Balaban J connectivity index is 2.48. The molecule has 20 heavy (non-hydrogen) atoms. The number of nitro groups is 1. The van der Waals surface area contributed by atoms with Crippen LogP contribution in [0.15, 0.2) is 23.4 Å². The monoisotopic (exact) mass is 299 g/mol. The fraction of sp³-hybridized carbons (Fsp3) is 0.364. The lowest BCUT2D eigenvalue weighted by molar-refractivity contribution is -0.385. The van der Waals surface area contributed by atoms with Crippen molar-refractivity contribution in [3.05, 3.63) is 28.4 Å². The molecule has 108 valence electrons. The average molecular weight is 299 g/mol. The SMILES string of the molecule is CC(Sc1ccc([N+](=O)[O-])cn1)C(=O)NCCC(=O)O. The molecule has 1 atom stereocenters. The predicted octanol–water partition coefficient (Wildman–Crippen LogP) is 1.06. The summed E-state index contributed by atoms with van der Waals surface area (Å²) < 4.78 is 0. The van der Waals surface area contributed by atoms with E-state index in [1.165, 1.54) is 12.1 Å². The van der Waals surface area contributed by atoms with E-state index in [1.54, 1.807) is 6.92 Å². The first kappa shape index (κ1) is 15.9. The van der Waals surface area contributed by atoms with E-state index in [0.29, 0.717) is 5.03 Å². The number of aliphatic carboxylic acids is 1. The standard InChI is InChI=1S/C11H13N3O5S/c1-7(11(17)12-5-4-10(15)16)20-9-3-2-8(6-13-9)14(18)19/h2-3,6-7H,4-5H2,1H3,(H,12,17)(H,15,16). The van der Waals surface area contributed by atoms with E-state index in [0.717, 1.165) is 18.0 Å². The molecule has 1 aromatic rings. The maximum atomic E-state index is 11.6. The summed E-state index contributed by atoms with van der Waals surface area (Å²) in [6.45, 7) is 1.70. The molecule has 1 amide bonds. The first-order valence-corrected chi connectivity index (χ1v) is 6.54. The number of rotatable bonds is 7. The molecule has 1 unspecified atom stereocenters. The number of carbonyl (C=O) groups excluding carboxylic acids is 1. The van der Waals surface area contributed by atoms with Gasteiger partial charge in [0.2, 0.25) is 5.91 Å². The van der Waals surface area contributed by atoms with Gasteiger partial charge < -0.3 is 10.4 Å². The Morgan fingerprint density at radius 3 is 2.75 bits per heavy atom. The van der Waals surface area contributed by atoms with Crippen molar-refractivity contribution in [1.29, 1.82) is 0 Å². The third-order valence-corrected chi connectivity index (χ3v) is 3.29. The van der Waals surface area contributed by atoms with E-state index in [1.807, 2.05) is 0 Å². The van der Waals surface area contributed by atoms with Crippen molar-refractivity contribution >= 4 is 29.3 Å².